The Morgan fingerprint density at radius 1 is 1.15 bits per heavy atom. The van der Waals surface area contributed by atoms with E-state index in [0.29, 0.717) is 12.3 Å². The molecule has 3 aromatic rings. The van der Waals surface area contributed by atoms with Gasteiger partial charge in [0.15, 0.2) is 0 Å². The molecule has 0 spiro atoms. The lowest BCUT2D eigenvalue weighted by atomic mass is 10.0. The predicted molar refractivity (Wildman–Crippen MR) is 99.2 cm³/mol. The molecule has 1 aliphatic rings. The fraction of sp³-hybridized carbons (Fsp3) is 0.350. The molecule has 1 unspecified atom stereocenters. The molecule has 2 aromatic heterocycles. The lowest BCUT2D eigenvalue weighted by Crippen LogP contribution is -2.36. The van der Waals surface area contributed by atoms with Gasteiger partial charge in [-0.2, -0.15) is 5.10 Å². The molecule has 1 N–H and O–H groups in total. The minimum absolute atomic E-state index is 0.108. The predicted octanol–water partition coefficient (Wildman–Crippen LogP) is 2.27. The van der Waals surface area contributed by atoms with Crippen LogP contribution in [-0.4, -0.2) is 20.3 Å². The monoisotopic (exact) mass is 366 g/mol. The number of fused-ring (bicyclic) bond motifs is 1. The molecule has 140 valence electrons. The first-order chi connectivity index (χ1) is 13.2. The van der Waals surface area contributed by atoms with Gasteiger partial charge in [-0.1, -0.05) is 36.8 Å². The third-order valence-corrected chi connectivity index (χ3v) is 4.84. The van der Waals surface area contributed by atoms with Crippen molar-refractivity contribution >= 4 is 5.91 Å². The quantitative estimate of drug-likeness (QED) is 0.751. The van der Waals surface area contributed by atoms with E-state index in [9.17, 15) is 9.59 Å². The number of benzene rings is 1. The van der Waals surface area contributed by atoms with E-state index in [0.717, 1.165) is 37.1 Å². The van der Waals surface area contributed by atoms with Crippen LogP contribution < -0.4 is 11.0 Å². The fourth-order valence-corrected chi connectivity index (χ4v) is 3.49. The van der Waals surface area contributed by atoms with E-state index in [1.54, 1.807) is 16.9 Å². The molecule has 27 heavy (non-hydrogen) atoms. The number of hydrogen-bond donors (Lipinski definition) is 1. The van der Waals surface area contributed by atoms with E-state index in [1.807, 2.05) is 36.4 Å². The zero-order valence-electron chi connectivity index (χ0n) is 15.0. The molecule has 0 fully saturated rings. The molecule has 0 bridgehead atoms. The average Bonchev–Trinajstić information content (AvgIpc) is 3.24. The van der Waals surface area contributed by atoms with Gasteiger partial charge in [0.1, 0.15) is 24.2 Å². The zero-order chi connectivity index (χ0) is 18.6. The van der Waals surface area contributed by atoms with Crippen molar-refractivity contribution in [1.29, 1.82) is 0 Å². The molecule has 1 aliphatic heterocycles. The summed E-state index contributed by atoms with van der Waals surface area (Å²) >= 11 is 0. The molecule has 0 saturated carbocycles. The summed E-state index contributed by atoms with van der Waals surface area (Å²) in [6.45, 7) is 0.567. The number of carbonyl (C=O) groups excluding carboxylic acids is 1. The third kappa shape index (κ3) is 3.72. The normalized spacial score (nSPS) is 15.0. The SMILES string of the molecule is O=C(Cn1nc2n(c1=O)CCCCC2)NC(c1ccccc1)c1ccco1. The highest BCUT2D eigenvalue weighted by atomic mass is 16.3. The van der Waals surface area contributed by atoms with Gasteiger partial charge in [0.05, 0.1) is 6.26 Å². The van der Waals surface area contributed by atoms with Crippen LogP contribution in [0.15, 0.2) is 57.9 Å². The van der Waals surface area contributed by atoms with Gasteiger partial charge in [0.2, 0.25) is 5.91 Å². The van der Waals surface area contributed by atoms with E-state index in [1.165, 1.54) is 4.68 Å². The standard InChI is InChI=1S/C20H22N4O3/c25-18(14-24-20(26)23-12-6-2-5-11-17(23)22-24)21-19(16-10-7-13-27-16)15-8-3-1-4-9-15/h1,3-4,7-10,13,19H,2,5-6,11-12,14H2,(H,21,25). The van der Waals surface area contributed by atoms with Crippen molar-refractivity contribution in [2.75, 3.05) is 0 Å². The second-order valence-corrected chi connectivity index (χ2v) is 6.75. The maximum atomic E-state index is 12.7. The summed E-state index contributed by atoms with van der Waals surface area (Å²) in [6, 6.07) is 12.8. The van der Waals surface area contributed by atoms with E-state index in [4.69, 9.17) is 4.42 Å². The minimum Gasteiger partial charge on any atom is -0.467 e. The highest BCUT2D eigenvalue weighted by Crippen LogP contribution is 2.22. The molecule has 4 rings (SSSR count). The van der Waals surface area contributed by atoms with Gasteiger partial charge >= 0.3 is 5.69 Å². The molecular weight excluding hydrogens is 344 g/mol. The van der Waals surface area contributed by atoms with Gasteiger partial charge in [-0.25, -0.2) is 9.48 Å². The number of aryl methyl sites for hydroxylation is 1. The number of furan rings is 1. The van der Waals surface area contributed by atoms with E-state index in [2.05, 4.69) is 10.4 Å². The van der Waals surface area contributed by atoms with Crippen LogP contribution in [-0.2, 0) is 24.3 Å². The summed E-state index contributed by atoms with van der Waals surface area (Å²) in [5.74, 6) is 1.13. The highest BCUT2D eigenvalue weighted by Gasteiger charge is 2.22. The second kappa shape index (κ2) is 7.65. The molecule has 7 heteroatoms. The van der Waals surface area contributed by atoms with Gasteiger partial charge in [0, 0.05) is 13.0 Å². The summed E-state index contributed by atoms with van der Waals surface area (Å²) in [5.41, 5.74) is 0.699. The molecule has 0 radical (unpaired) electrons. The van der Waals surface area contributed by atoms with E-state index >= 15 is 0 Å². The van der Waals surface area contributed by atoms with Gasteiger partial charge in [-0.05, 0) is 30.5 Å². The van der Waals surface area contributed by atoms with Crippen molar-refractivity contribution in [2.45, 2.75) is 44.8 Å². The number of nitrogens with zero attached hydrogens (tertiary/aromatic N) is 3. The maximum absolute atomic E-state index is 12.7. The molecule has 1 aromatic carbocycles. The lowest BCUT2D eigenvalue weighted by molar-refractivity contribution is -0.122. The Hall–Kier alpha value is -3.09. The maximum Gasteiger partial charge on any atom is 0.346 e. The molecule has 7 nitrogen and oxygen atoms in total. The van der Waals surface area contributed by atoms with Crippen LogP contribution in [0.25, 0.3) is 0 Å². The van der Waals surface area contributed by atoms with Crippen molar-refractivity contribution in [2.24, 2.45) is 0 Å². The number of hydrogen-bond acceptors (Lipinski definition) is 4. The smallest absolute Gasteiger partial charge is 0.346 e. The summed E-state index contributed by atoms with van der Waals surface area (Å²) < 4.78 is 8.46. The largest absolute Gasteiger partial charge is 0.467 e. The molecule has 1 atom stereocenters. The first kappa shape index (κ1) is 17.3. The number of rotatable bonds is 5. The summed E-state index contributed by atoms with van der Waals surface area (Å²) in [7, 11) is 0. The van der Waals surface area contributed by atoms with Crippen LogP contribution in [0, 0.1) is 0 Å². The van der Waals surface area contributed by atoms with Crippen LogP contribution in [0.3, 0.4) is 0 Å². The molecule has 3 heterocycles. The first-order valence-corrected chi connectivity index (χ1v) is 9.26. The van der Waals surface area contributed by atoms with E-state index in [-0.39, 0.29) is 18.1 Å². The Labute approximate surface area is 156 Å². The van der Waals surface area contributed by atoms with Gasteiger partial charge in [0.25, 0.3) is 0 Å². The van der Waals surface area contributed by atoms with Crippen molar-refractivity contribution in [3.8, 4) is 0 Å². The Morgan fingerprint density at radius 2 is 2.00 bits per heavy atom. The van der Waals surface area contributed by atoms with Gasteiger partial charge in [-0.15, -0.1) is 0 Å². The van der Waals surface area contributed by atoms with Crippen LogP contribution in [0.5, 0.6) is 0 Å². The Morgan fingerprint density at radius 3 is 2.78 bits per heavy atom. The second-order valence-electron chi connectivity index (χ2n) is 6.75. The van der Waals surface area contributed by atoms with Gasteiger partial charge < -0.3 is 9.73 Å². The number of aromatic nitrogens is 3. The summed E-state index contributed by atoms with van der Waals surface area (Å²) in [6.07, 6.45) is 5.46. The van der Waals surface area contributed by atoms with Crippen LogP contribution >= 0.6 is 0 Å². The van der Waals surface area contributed by atoms with Crippen molar-refractivity contribution < 1.29 is 9.21 Å². The van der Waals surface area contributed by atoms with Gasteiger partial charge in [-0.3, -0.25) is 9.36 Å². The third-order valence-electron chi connectivity index (χ3n) is 4.84. The van der Waals surface area contributed by atoms with Crippen molar-refractivity contribution in [3.63, 3.8) is 0 Å². The molecular formula is C20H22N4O3. The fourth-order valence-electron chi connectivity index (χ4n) is 3.49. The van der Waals surface area contributed by atoms with Crippen molar-refractivity contribution in [1.82, 2.24) is 19.7 Å². The Bertz CT molecular complexity index is 957. The van der Waals surface area contributed by atoms with Crippen molar-refractivity contribution in [3.05, 3.63) is 76.4 Å². The Balaban J connectivity index is 1.53. The summed E-state index contributed by atoms with van der Waals surface area (Å²) in [4.78, 5) is 25.2. The van der Waals surface area contributed by atoms with Crippen LogP contribution in [0.1, 0.15) is 42.5 Å². The topological polar surface area (TPSA) is 82.1 Å². The van der Waals surface area contributed by atoms with Crippen LogP contribution in [0.2, 0.25) is 0 Å². The highest BCUT2D eigenvalue weighted by molar-refractivity contribution is 5.76. The number of nitrogens with one attached hydrogen (secondary N) is 1. The van der Waals surface area contributed by atoms with Crippen LogP contribution in [0.4, 0.5) is 0 Å². The number of amides is 1. The summed E-state index contributed by atoms with van der Waals surface area (Å²) in [5, 5.41) is 7.34. The Kier molecular flexibility index (Phi) is 4.91. The molecule has 0 saturated heterocycles. The average molecular weight is 366 g/mol. The molecule has 1 amide bonds. The first-order valence-electron chi connectivity index (χ1n) is 9.26. The lowest BCUT2D eigenvalue weighted by Gasteiger charge is -2.17. The number of carbonyl (C=O) groups is 1. The van der Waals surface area contributed by atoms with E-state index < -0.39 is 6.04 Å². The zero-order valence-corrected chi connectivity index (χ0v) is 15.0. The molecule has 0 aliphatic carbocycles. The minimum atomic E-state index is -0.412.